The third kappa shape index (κ3) is 2.17. The minimum Gasteiger partial charge on any atom is -0.351 e. The van der Waals surface area contributed by atoms with Gasteiger partial charge in [-0.05, 0) is 37.1 Å². The zero-order valence-electron chi connectivity index (χ0n) is 9.44. The lowest BCUT2D eigenvalue weighted by molar-refractivity contribution is 0.255. The van der Waals surface area contributed by atoms with Crippen molar-refractivity contribution in [2.75, 3.05) is 18.5 Å². The molecule has 1 atom stereocenters. The Balaban J connectivity index is 2.12. The van der Waals surface area contributed by atoms with Crippen molar-refractivity contribution >= 4 is 11.7 Å². The molecule has 0 aromatic heterocycles. The predicted octanol–water partition coefficient (Wildman–Crippen LogP) is 1.63. The second-order valence-electron chi connectivity index (χ2n) is 4.14. The fraction of sp³-hybridized carbons (Fsp3) is 0.417. The highest BCUT2D eigenvalue weighted by atomic mass is 16.2. The molecule has 1 heterocycles. The molecule has 1 saturated heterocycles. The van der Waals surface area contributed by atoms with Crippen molar-refractivity contribution in [1.29, 1.82) is 0 Å². The van der Waals surface area contributed by atoms with Crippen molar-refractivity contribution in [2.24, 2.45) is 5.73 Å². The van der Waals surface area contributed by atoms with Crippen LogP contribution in [0.4, 0.5) is 10.5 Å². The quantitative estimate of drug-likeness (QED) is 0.794. The standard InChI is InChI=1S/C12H17N3O/c1-15(12(13)16)10-6-4-9(5-7-10)11-3-2-8-14-11/h4-7,11,14H,2-3,8H2,1H3,(H2,13,16). The lowest BCUT2D eigenvalue weighted by Crippen LogP contribution is -2.31. The Morgan fingerprint density at radius 1 is 1.44 bits per heavy atom. The van der Waals surface area contributed by atoms with Crippen LogP contribution in [0.1, 0.15) is 24.4 Å². The van der Waals surface area contributed by atoms with Crippen LogP contribution in [0.15, 0.2) is 24.3 Å². The Kier molecular flexibility index (Phi) is 3.10. The van der Waals surface area contributed by atoms with Gasteiger partial charge < -0.3 is 11.1 Å². The maximum atomic E-state index is 11.0. The van der Waals surface area contributed by atoms with E-state index in [1.165, 1.54) is 23.3 Å². The molecule has 86 valence electrons. The molecule has 3 N–H and O–H groups in total. The van der Waals surface area contributed by atoms with Gasteiger partial charge >= 0.3 is 6.03 Å². The lowest BCUT2D eigenvalue weighted by Gasteiger charge is -2.16. The van der Waals surface area contributed by atoms with Gasteiger partial charge in [-0.1, -0.05) is 12.1 Å². The van der Waals surface area contributed by atoms with Gasteiger partial charge in [-0.3, -0.25) is 4.90 Å². The highest BCUT2D eigenvalue weighted by Crippen LogP contribution is 2.24. The maximum absolute atomic E-state index is 11.0. The second-order valence-corrected chi connectivity index (χ2v) is 4.14. The van der Waals surface area contributed by atoms with E-state index < -0.39 is 6.03 Å². The fourth-order valence-corrected chi connectivity index (χ4v) is 2.03. The molecule has 16 heavy (non-hydrogen) atoms. The summed E-state index contributed by atoms with van der Waals surface area (Å²) in [7, 11) is 1.67. The molecular formula is C12H17N3O. The van der Waals surface area contributed by atoms with E-state index in [4.69, 9.17) is 5.73 Å². The molecule has 1 aromatic carbocycles. The number of carbonyl (C=O) groups is 1. The van der Waals surface area contributed by atoms with Crippen LogP contribution in [-0.2, 0) is 0 Å². The first-order valence-electron chi connectivity index (χ1n) is 5.55. The van der Waals surface area contributed by atoms with Crippen LogP contribution in [0, 0.1) is 0 Å². The average Bonchev–Trinajstić information content (AvgIpc) is 2.81. The Bertz CT molecular complexity index is 368. The van der Waals surface area contributed by atoms with Gasteiger partial charge in [0.2, 0.25) is 0 Å². The number of anilines is 1. The van der Waals surface area contributed by atoms with Crippen LogP contribution in [0.5, 0.6) is 0 Å². The van der Waals surface area contributed by atoms with Crippen LogP contribution in [0.2, 0.25) is 0 Å². The maximum Gasteiger partial charge on any atom is 0.318 e. The van der Waals surface area contributed by atoms with Crippen molar-refractivity contribution in [2.45, 2.75) is 18.9 Å². The fourth-order valence-electron chi connectivity index (χ4n) is 2.03. The number of nitrogens with two attached hydrogens (primary N) is 1. The third-order valence-electron chi connectivity index (χ3n) is 3.07. The van der Waals surface area contributed by atoms with Crippen LogP contribution in [-0.4, -0.2) is 19.6 Å². The number of hydrogen-bond acceptors (Lipinski definition) is 2. The molecule has 1 unspecified atom stereocenters. The normalized spacial score (nSPS) is 19.7. The van der Waals surface area contributed by atoms with Crippen LogP contribution in [0.25, 0.3) is 0 Å². The van der Waals surface area contributed by atoms with Crippen molar-refractivity contribution in [1.82, 2.24) is 5.32 Å². The molecule has 1 fully saturated rings. The zero-order chi connectivity index (χ0) is 11.5. The average molecular weight is 219 g/mol. The van der Waals surface area contributed by atoms with Crippen molar-refractivity contribution in [3.8, 4) is 0 Å². The summed E-state index contributed by atoms with van der Waals surface area (Å²) >= 11 is 0. The number of urea groups is 1. The minimum atomic E-state index is -0.438. The number of amides is 2. The largest absolute Gasteiger partial charge is 0.351 e. The van der Waals surface area contributed by atoms with Crippen LogP contribution < -0.4 is 16.0 Å². The summed E-state index contributed by atoms with van der Waals surface area (Å²) in [6.07, 6.45) is 2.42. The summed E-state index contributed by atoms with van der Waals surface area (Å²) in [6.45, 7) is 1.09. The van der Waals surface area contributed by atoms with E-state index in [0.717, 1.165) is 12.2 Å². The molecular weight excluding hydrogens is 202 g/mol. The SMILES string of the molecule is CN(C(N)=O)c1ccc(C2CCCN2)cc1. The molecule has 0 saturated carbocycles. The number of carbonyl (C=O) groups excluding carboxylic acids is 1. The Labute approximate surface area is 95.4 Å². The van der Waals surface area contributed by atoms with Crippen molar-refractivity contribution in [3.05, 3.63) is 29.8 Å². The van der Waals surface area contributed by atoms with Crippen molar-refractivity contribution in [3.63, 3.8) is 0 Å². The number of rotatable bonds is 2. The summed E-state index contributed by atoms with van der Waals surface area (Å²) in [5, 5.41) is 3.44. The summed E-state index contributed by atoms with van der Waals surface area (Å²) in [4.78, 5) is 12.4. The highest BCUT2D eigenvalue weighted by molar-refractivity contribution is 5.89. The molecule has 4 nitrogen and oxygen atoms in total. The lowest BCUT2D eigenvalue weighted by atomic mass is 10.1. The summed E-state index contributed by atoms with van der Waals surface area (Å²) < 4.78 is 0. The predicted molar refractivity (Wildman–Crippen MR) is 64.4 cm³/mol. The van der Waals surface area contributed by atoms with Gasteiger partial charge in [0.05, 0.1) is 0 Å². The topological polar surface area (TPSA) is 58.4 Å². The van der Waals surface area contributed by atoms with E-state index in [1.54, 1.807) is 7.05 Å². The first-order chi connectivity index (χ1) is 7.68. The molecule has 0 aliphatic carbocycles. The van der Waals surface area contributed by atoms with Crippen LogP contribution >= 0.6 is 0 Å². The summed E-state index contributed by atoms with van der Waals surface area (Å²) in [6, 6.07) is 8.00. The van der Waals surface area contributed by atoms with Gasteiger partial charge in [0.25, 0.3) is 0 Å². The molecule has 0 bridgehead atoms. The zero-order valence-corrected chi connectivity index (χ0v) is 9.44. The highest BCUT2D eigenvalue weighted by Gasteiger charge is 2.16. The molecule has 0 spiro atoms. The first kappa shape index (κ1) is 11.0. The van der Waals surface area contributed by atoms with Gasteiger partial charge in [-0.2, -0.15) is 0 Å². The Morgan fingerprint density at radius 2 is 2.12 bits per heavy atom. The van der Waals surface area contributed by atoms with Gasteiger partial charge in [-0.15, -0.1) is 0 Å². The van der Waals surface area contributed by atoms with Gasteiger partial charge in [0.1, 0.15) is 0 Å². The summed E-state index contributed by atoms with van der Waals surface area (Å²) in [5.41, 5.74) is 7.31. The molecule has 4 heteroatoms. The Morgan fingerprint density at radius 3 is 2.62 bits per heavy atom. The molecule has 1 aromatic rings. The minimum absolute atomic E-state index is 0.438. The van der Waals surface area contributed by atoms with Crippen molar-refractivity contribution < 1.29 is 4.79 Å². The number of benzene rings is 1. The van der Waals surface area contributed by atoms with E-state index in [0.29, 0.717) is 6.04 Å². The Hall–Kier alpha value is -1.55. The van der Waals surface area contributed by atoms with Gasteiger partial charge in [0, 0.05) is 18.8 Å². The van der Waals surface area contributed by atoms with Gasteiger partial charge in [-0.25, -0.2) is 4.79 Å². The number of hydrogen-bond donors (Lipinski definition) is 2. The number of nitrogens with zero attached hydrogens (tertiary/aromatic N) is 1. The molecule has 2 rings (SSSR count). The van der Waals surface area contributed by atoms with Gasteiger partial charge in [0.15, 0.2) is 0 Å². The van der Waals surface area contributed by atoms with E-state index in [9.17, 15) is 4.79 Å². The molecule has 2 amide bonds. The van der Waals surface area contributed by atoms with E-state index in [1.807, 2.05) is 12.1 Å². The third-order valence-corrected chi connectivity index (χ3v) is 3.07. The monoisotopic (exact) mass is 219 g/mol. The molecule has 1 aliphatic heterocycles. The van der Waals surface area contributed by atoms with E-state index in [2.05, 4.69) is 17.4 Å². The molecule has 1 aliphatic rings. The summed E-state index contributed by atoms with van der Waals surface area (Å²) in [5.74, 6) is 0. The first-order valence-corrected chi connectivity index (χ1v) is 5.55. The second kappa shape index (κ2) is 4.53. The smallest absolute Gasteiger partial charge is 0.318 e. The van der Waals surface area contributed by atoms with Crippen LogP contribution in [0.3, 0.4) is 0 Å². The molecule has 0 radical (unpaired) electrons. The number of primary amides is 1. The van der Waals surface area contributed by atoms with E-state index in [-0.39, 0.29) is 0 Å². The van der Waals surface area contributed by atoms with E-state index >= 15 is 0 Å². The number of nitrogens with one attached hydrogen (secondary N) is 1.